The Morgan fingerprint density at radius 2 is 2.05 bits per heavy atom. The average Bonchev–Trinajstić information content (AvgIpc) is 2.93. The van der Waals surface area contributed by atoms with Gasteiger partial charge in [-0.1, -0.05) is 11.8 Å². The molecule has 0 aliphatic carbocycles. The van der Waals surface area contributed by atoms with Gasteiger partial charge in [-0.2, -0.15) is 0 Å². The van der Waals surface area contributed by atoms with Crippen LogP contribution in [0.15, 0.2) is 12.1 Å². The summed E-state index contributed by atoms with van der Waals surface area (Å²) in [6.45, 7) is 7.65. The van der Waals surface area contributed by atoms with E-state index >= 15 is 0 Å². The third-order valence-electron chi connectivity index (χ3n) is 3.44. The molecule has 0 saturated carbocycles. The van der Waals surface area contributed by atoms with E-state index in [-0.39, 0.29) is 12.5 Å². The highest BCUT2D eigenvalue weighted by Gasteiger charge is 2.23. The molecule has 2 heterocycles. The van der Waals surface area contributed by atoms with Gasteiger partial charge in [-0.15, -0.1) is 11.3 Å². The van der Waals surface area contributed by atoms with E-state index in [2.05, 4.69) is 30.6 Å². The van der Waals surface area contributed by atoms with Crippen molar-refractivity contribution < 1.29 is 9.90 Å². The Hall–Kier alpha value is -1.35. The van der Waals surface area contributed by atoms with Crippen molar-refractivity contribution in [3.8, 4) is 11.8 Å². The van der Waals surface area contributed by atoms with Crippen LogP contribution in [0.25, 0.3) is 0 Å². The number of nitrogens with zero attached hydrogens (tertiary/aromatic N) is 2. The van der Waals surface area contributed by atoms with Gasteiger partial charge in [0, 0.05) is 32.2 Å². The van der Waals surface area contributed by atoms with Gasteiger partial charge < -0.3 is 10.0 Å². The van der Waals surface area contributed by atoms with Crippen LogP contribution in [-0.4, -0.2) is 59.6 Å². The molecule has 108 valence electrons. The molecular weight excluding hydrogens is 272 g/mol. The number of aliphatic hydroxyl groups excluding tert-OH is 1. The first kappa shape index (κ1) is 15.0. The van der Waals surface area contributed by atoms with Crippen LogP contribution in [0.4, 0.5) is 0 Å². The number of rotatable bonds is 2. The van der Waals surface area contributed by atoms with Gasteiger partial charge in [0.1, 0.15) is 6.61 Å². The van der Waals surface area contributed by atoms with E-state index in [1.165, 1.54) is 11.3 Å². The van der Waals surface area contributed by atoms with Gasteiger partial charge in [0.25, 0.3) is 5.91 Å². The molecule has 5 heteroatoms. The van der Waals surface area contributed by atoms with E-state index < -0.39 is 0 Å². The number of aliphatic hydroxyl groups is 1. The maximum absolute atomic E-state index is 12.4. The molecule has 0 spiro atoms. The molecule has 0 radical (unpaired) electrons. The lowest BCUT2D eigenvalue weighted by Crippen LogP contribution is -2.50. The Labute approximate surface area is 124 Å². The third-order valence-corrected chi connectivity index (χ3v) is 4.43. The second kappa shape index (κ2) is 6.89. The fourth-order valence-electron chi connectivity index (χ4n) is 2.24. The Morgan fingerprint density at radius 1 is 1.35 bits per heavy atom. The molecule has 1 amide bonds. The van der Waals surface area contributed by atoms with Crippen molar-refractivity contribution >= 4 is 17.2 Å². The standard InChI is InChI=1S/C15H20N2O2S/c1-12(2)16-7-9-17(10-8-16)15(19)14-6-5-13(20-14)4-3-11-18/h5-6,12,18H,7-11H2,1-2H3. The van der Waals surface area contributed by atoms with Gasteiger partial charge >= 0.3 is 0 Å². The van der Waals surface area contributed by atoms with Crippen LogP contribution in [-0.2, 0) is 0 Å². The van der Waals surface area contributed by atoms with Crippen LogP contribution >= 0.6 is 11.3 Å². The summed E-state index contributed by atoms with van der Waals surface area (Å²) in [7, 11) is 0. The minimum atomic E-state index is -0.154. The van der Waals surface area contributed by atoms with Crippen LogP contribution in [0, 0.1) is 11.8 Å². The van der Waals surface area contributed by atoms with Gasteiger partial charge in [0.05, 0.1) is 9.75 Å². The molecule has 0 aromatic carbocycles. The first-order chi connectivity index (χ1) is 9.61. The van der Waals surface area contributed by atoms with Crippen molar-refractivity contribution in [3.05, 3.63) is 21.9 Å². The molecule has 0 unspecified atom stereocenters. The number of carbonyl (C=O) groups excluding carboxylic acids is 1. The molecule has 1 fully saturated rings. The smallest absolute Gasteiger partial charge is 0.264 e. The van der Waals surface area contributed by atoms with Crippen LogP contribution in [0.3, 0.4) is 0 Å². The molecular formula is C15H20N2O2S. The third kappa shape index (κ3) is 3.60. The Balaban J connectivity index is 1.97. The zero-order valence-corrected chi connectivity index (χ0v) is 12.7. The van der Waals surface area contributed by atoms with Crippen molar-refractivity contribution in [2.45, 2.75) is 19.9 Å². The first-order valence-electron chi connectivity index (χ1n) is 6.84. The molecule has 1 aliphatic heterocycles. The van der Waals surface area contributed by atoms with Crippen molar-refractivity contribution in [2.24, 2.45) is 0 Å². The van der Waals surface area contributed by atoms with Gasteiger partial charge in [0.15, 0.2) is 0 Å². The largest absolute Gasteiger partial charge is 0.384 e. The summed E-state index contributed by atoms with van der Waals surface area (Å²) >= 11 is 1.39. The quantitative estimate of drug-likeness (QED) is 0.835. The molecule has 1 aromatic heterocycles. The fraction of sp³-hybridized carbons (Fsp3) is 0.533. The number of amides is 1. The maximum atomic E-state index is 12.4. The van der Waals surface area contributed by atoms with Crippen LogP contribution < -0.4 is 0 Å². The predicted octanol–water partition coefficient (Wildman–Crippen LogP) is 1.26. The summed E-state index contributed by atoms with van der Waals surface area (Å²) in [4.78, 5) is 18.2. The molecule has 1 N–H and O–H groups in total. The summed E-state index contributed by atoms with van der Waals surface area (Å²) in [5.74, 6) is 5.53. The van der Waals surface area contributed by atoms with E-state index in [9.17, 15) is 4.79 Å². The van der Waals surface area contributed by atoms with E-state index in [0.29, 0.717) is 6.04 Å². The molecule has 0 atom stereocenters. The van der Waals surface area contributed by atoms with Crippen molar-refractivity contribution in [1.82, 2.24) is 9.80 Å². The molecule has 1 aliphatic rings. The summed E-state index contributed by atoms with van der Waals surface area (Å²) in [5, 5.41) is 8.67. The van der Waals surface area contributed by atoms with E-state index in [4.69, 9.17) is 5.11 Å². The topological polar surface area (TPSA) is 43.8 Å². The monoisotopic (exact) mass is 292 g/mol. The first-order valence-corrected chi connectivity index (χ1v) is 7.66. The second-order valence-electron chi connectivity index (χ2n) is 5.05. The molecule has 1 aromatic rings. The number of hydrogen-bond donors (Lipinski definition) is 1. The van der Waals surface area contributed by atoms with Crippen LogP contribution in [0.5, 0.6) is 0 Å². The predicted molar refractivity (Wildman–Crippen MR) is 80.9 cm³/mol. The normalized spacial score (nSPS) is 16.1. The minimum absolute atomic E-state index is 0.0930. The highest BCUT2D eigenvalue weighted by Crippen LogP contribution is 2.18. The van der Waals surface area contributed by atoms with Crippen molar-refractivity contribution in [2.75, 3.05) is 32.8 Å². The van der Waals surface area contributed by atoms with E-state index in [0.717, 1.165) is 35.9 Å². The number of thiophene rings is 1. The lowest BCUT2D eigenvalue weighted by atomic mass is 10.2. The summed E-state index contributed by atoms with van der Waals surface area (Å²) in [5.41, 5.74) is 0. The molecule has 0 bridgehead atoms. The lowest BCUT2D eigenvalue weighted by molar-refractivity contribution is 0.0600. The van der Waals surface area contributed by atoms with Gasteiger partial charge in [-0.3, -0.25) is 9.69 Å². The minimum Gasteiger partial charge on any atom is -0.384 e. The Bertz CT molecular complexity index is 519. The summed E-state index contributed by atoms with van der Waals surface area (Å²) < 4.78 is 0. The fourth-order valence-corrected chi connectivity index (χ4v) is 3.09. The summed E-state index contributed by atoms with van der Waals surface area (Å²) in [6.07, 6.45) is 0. The van der Waals surface area contributed by atoms with Crippen molar-refractivity contribution in [1.29, 1.82) is 0 Å². The van der Waals surface area contributed by atoms with E-state index in [1.807, 2.05) is 17.0 Å². The highest BCUT2D eigenvalue weighted by atomic mass is 32.1. The average molecular weight is 292 g/mol. The Kier molecular flexibility index (Phi) is 5.18. The van der Waals surface area contributed by atoms with Gasteiger partial charge in [-0.05, 0) is 26.0 Å². The second-order valence-corrected chi connectivity index (χ2v) is 6.13. The summed E-state index contributed by atoms with van der Waals surface area (Å²) in [6, 6.07) is 4.20. The zero-order valence-electron chi connectivity index (χ0n) is 11.9. The Morgan fingerprint density at radius 3 is 2.65 bits per heavy atom. The van der Waals surface area contributed by atoms with Crippen LogP contribution in [0.1, 0.15) is 28.4 Å². The lowest BCUT2D eigenvalue weighted by Gasteiger charge is -2.36. The number of piperazine rings is 1. The van der Waals surface area contributed by atoms with E-state index in [1.54, 1.807) is 0 Å². The zero-order chi connectivity index (χ0) is 14.5. The highest BCUT2D eigenvalue weighted by molar-refractivity contribution is 7.14. The number of hydrogen-bond acceptors (Lipinski definition) is 4. The molecule has 1 saturated heterocycles. The van der Waals surface area contributed by atoms with Crippen LogP contribution in [0.2, 0.25) is 0 Å². The van der Waals surface area contributed by atoms with Gasteiger partial charge in [-0.25, -0.2) is 0 Å². The molecule has 20 heavy (non-hydrogen) atoms. The maximum Gasteiger partial charge on any atom is 0.264 e. The SMILES string of the molecule is CC(C)N1CCN(C(=O)c2ccc(C#CCO)s2)CC1. The van der Waals surface area contributed by atoms with Gasteiger partial charge in [0.2, 0.25) is 0 Å². The van der Waals surface area contributed by atoms with Crippen molar-refractivity contribution in [3.63, 3.8) is 0 Å². The molecule has 4 nitrogen and oxygen atoms in total. The molecule has 2 rings (SSSR count). The number of carbonyl (C=O) groups is 1.